The Morgan fingerprint density at radius 2 is 2.00 bits per heavy atom. The van der Waals surface area contributed by atoms with E-state index in [-0.39, 0.29) is 40.0 Å². The predicted molar refractivity (Wildman–Crippen MR) is 155 cm³/mol. The molecular formula is C31H31FN4O4S. The number of carbonyl (C=O) groups excluding carboxylic acids is 1. The Kier molecular flexibility index (Phi) is 7.55. The maximum atomic E-state index is 15.3. The number of anilines is 1. The van der Waals surface area contributed by atoms with Gasteiger partial charge in [-0.2, -0.15) is 5.10 Å². The van der Waals surface area contributed by atoms with Crippen LogP contribution in [0.3, 0.4) is 0 Å². The van der Waals surface area contributed by atoms with Crippen molar-refractivity contribution >= 4 is 32.3 Å². The SMILES string of the molecule is Cc1cc(CC(=O)Nc2cnn(C(C)(C)C)c2)cc(F)c1Oc1ccnc2ccc(S(=O)(=O)CC3=C=CCC3)cc12. The molecule has 212 valence electrons. The van der Waals surface area contributed by atoms with Gasteiger partial charge >= 0.3 is 0 Å². The van der Waals surface area contributed by atoms with Crippen LogP contribution in [-0.2, 0) is 26.6 Å². The molecule has 0 atom stereocenters. The standard InChI is InChI=1S/C31H31FN4O4S/c1-20-13-22(15-29(37)35-23-17-34-36(18-23)31(2,3)4)14-26(32)30(20)40-28-11-12-33-27-10-9-24(16-25(27)28)41(38,39)19-21-7-5-6-8-21/h5,9-14,16-18H,6,8,15,19H2,1-4H3,(H,35,37). The quantitative estimate of drug-likeness (QED) is 0.249. The lowest BCUT2D eigenvalue weighted by Crippen LogP contribution is -2.22. The van der Waals surface area contributed by atoms with Crippen LogP contribution in [0, 0.1) is 12.7 Å². The number of carbonyl (C=O) groups is 1. The lowest BCUT2D eigenvalue weighted by Gasteiger charge is -2.18. The third kappa shape index (κ3) is 6.39. The molecule has 0 saturated heterocycles. The molecule has 2 heterocycles. The summed E-state index contributed by atoms with van der Waals surface area (Å²) in [6.45, 7) is 7.70. The third-order valence-corrected chi connectivity index (χ3v) is 8.41. The van der Waals surface area contributed by atoms with Crippen LogP contribution in [0.2, 0.25) is 0 Å². The topological polar surface area (TPSA) is 103 Å². The first kappa shape index (κ1) is 28.3. The van der Waals surface area contributed by atoms with Crippen molar-refractivity contribution in [3.8, 4) is 11.5 Å². The summed E-state index contributed by atoms with van der Waals surface area (Å²) in [5, 5.41) is 7.52. The number of amides is 1. The summed E-state index contributed by atoms with van der Waals surface area (Å²) >= 11 is 0. The summed E-state index contributed by atoms with van der Waals surface area (Å²) in [4.78, 5) is 17.1. The van der Waals surface area contributed by atoms with Crippen LogP contribution >= 0.6 is 0 Å². The minimum Gasteiger partial charge on any atom is -0.453 e. The number of aryl methyl sites for hydroxylation is 1. The number of ether oxygens (including phenoxy) is 1. The molecule has 2 aromatic heterocycles. The Bertz CT molecular complexity index is 1810. The summed E-state index contributed by atoms with van der Waals surface area (Å²) in [5.74, 6) is -0.781. The maximum Gasteiger partial charge on any atom is 0.228 e. The molecule has 1 aliphatic rings. The zero-order valence-electron chi connectivity index (χ0n) is 23.4. The first-order valence-electron chi connectivity index (χ1n) is 13.3. The van der Waals surface area contributed by atoms with Crippen LogP contribution in [0.4, 0.5) is 10.1 Å². The second-order valence-electron chi connectivity index (χ2n) is 11.1. The zero-order chi connectivity index (χ0) is 29.4. The summed E-state index contributed by atoms with van der Waals surface area (Å²) in [5.41, 5.74) is 5.59. The summed E-state index contributed by atoms with van der Waals surface area (Å²) in [7, 11) is -3.61. The number of aromatic nitrogens is 3. The van der Waals surface area contributed by atoms with Gasteiger partial charge in [-0.25, -0.2) is 12.8 Å². The van der Waals surface area contributed by atoms with Crippen molar-refractivity contribution in [1.82, 2.24) is 14.8 Å². The number of rotatable bonds is 8. The number of nitrogens with one attached hydrogen (secondary N) is 1. The lowest BCUT2D eigenvalue weighted by molar-refractivity contribution is -0.115. The van der Waals surface area contributed by atoms with E-state index in [1.54, 1.807) is 42.2 Å². The highest BCUT2D eigenvalue weighted by atomic mass is 32.2. The second-order valence-corrected chi connectivity index (χ2v) is 13.1. The fourth-order valence-corrected chi connectivity index (χ4v) is 6.06. The van der Waals surface area contributed by atoms with Crippen LogP contribution in [-0.4, -0.2) is 34.8 Å². The smallest absolute Gasteiger partial charge is 0.228 e. The van der Waals surface area contributed by atoms with Crippen LogP contribution in [0.1, 0.15) is 44.7 Å². The number of hydrogen-bond donors (Lipinski definition) is 1. The Morgan fingerprint density at radius 1 is 1.20 bits per heavy atom. The maximum absolute atomic E-state index is 15.3. The third-order valence-electron chi connectivity index (χ3n) is 6.71. The van der Waals surface area contributed by atoms with Crippen LogP contribution < -0.4 is 10.1 Å². The normalized spacial score (nSPS) is 13.4. The summed E-state index contributed by atoms with van der Waals surface area (Å²) < 4.78 is 49.2. The van der Waals surface area contributed by atoms with Gasteiger partial charge < -0.3 is 10.1 Å². The molecule has 1 amide bonds. The largest absolute Gasteiger partial charge is 0.453 e. The fraction of sp³-hybridized carbons (Fsp3) is 0.290. The molecular weight excluding hydrogens is 543 g/mol. The molecule has 5 rings (SSSR count). The first-order chi connectivity index (χ1) is 19.4. The van der Waals surface area contributed by atoms with Crippen molar-refractivity contribution in [3.63, 3.8) is 0 Å². The average Bonchev–Trinajstić information content (AvgIpc) is 3.58. The van der Waals surface area contributed by atoms with Gasteiger partial charge in [0, 0.05) is 17.8 Å². The highest BCUT2D eigenvalue weighted by Crippen LogP contribution is 2.34. The highest BCUT2D eigenvalue weighted by molar-refractivity contribution is 7.91. The molecule has 1 N–H and O–H groups in total. The van der Waals surface area contributed by atoms with E-state index in [4.69, 9.17) is 4.74 Å². The summed E-state index contributed by atoms with van der Waals surface area (Å²) in [6.07, 6.45) is 8.13. The van der Waals surface area contributed by atoms with E-state index in [2.05, 4.69) is 21.1 Å². The van der Waals surface area contributed by atoms with E-state index in [9.17, 15) is 13.2 Å². The molecule has 0 saturated carbocycles. The average molecular weight is 575 g/mol. The van der Waals surface area contributed by atoms with Gasteiger partial charge in [0.15, 0.2) is 21.4 Å². The number of nitrogens with zero attached hydrogens (tertiary/aromatic N) is 3. The van der Waals surface area contributed by atoms with Gasteiger partial charge in [0.2, 0.25) is 5.91 Å². The van der Waals surface area contributed by atoms with Gasteiger partial charge in [-0.15, -0.1) is 5.73 Å². The van der Waals surface area contributed by atoms with Crippen molar-refractivity contribution in [2.24, 2.45) is 0 Å². The fourth-order valence-electron chi connectivity index (χ4n) is 4.63. The first-order valence-corrected chi connectivity index (χ1v) is 14.9. The van der Waals surface area contributed by atoms with Crippen molar-refractivity contribution in [2.45, 2.75) is 57.4 Å². The number of benzene rings is 2. The predicted octanol–water partition coefficient (Wildman–Crippen LogP) is 6.26. The highest BCUT2D eigenvalue weighted by Gasteiger charge is 2.21. The molecule has 1 aliphatic carbocycles. The van der Waals surface area contributed by atoms with Gasteiger partial charge in [-0.05, 0) is 93.6 Å². The van der Waals surface area contributed by atoms with Crippen LogP contribution in [0.25, 0.3) is 10.9 Å². The molecule has 0 bridgehead atoms. The van der Waals surface area contributed by atoms with Crippen LogP contribution in [0.15, 0.2) is 77.3 Å². The summed E-state index contributed by atoms with van der Waals surface area (Å²) in [6, 6.07) is 9.18. The minimum absolute atomic E-state index is 0.0115. The minimum atomic E-state index is -3.61. The van der Waals surface area contributed by atoms with E-state index in [0.717, 1.165) is 12.0 Å². The molecule has 41 heavy (non-hydrogen) atoms. The number of pyridine rings is 1. The lowest BCUT2D eigenvalue weighted by atomic mass is 10.1. The van der Waals surface area contributed by atoms with Crippen molar-refractivity contribution < 1.29 is 22.3 Å². The number of hydrogen-bond acceptors (Lipinski definition) is 6. The van der Waals surface area contributed by atoms with Gasteiger partial charge in [0.05, 0.1) is 40.0 Å². The molecule has 8 nitrogen and oxygen atoms in total. The Hall–Kier alpha value is -4.27. The van der Waals surface area contributed by atoms with Crippen molar-refractivity contribution in [3.05, 3.63) is 89.3 Å². The number of halogens is 1. The molecule has 0 unspecified atom stereocenters. The molecule has 4 aromatic rings. The number of sulfone groups is 1. The molecule has 0 aliphatic heterocycles. The van der Waals surface area contributed by atoms with Gasteiger partial charge in [-0.1, -0.05) is 6.07 Å². The van der Waals surface area contributed by atoms with Crippen molar-refractivity contribution in [1.29, 1.82) is 0 Å². The van der Waals surface area contributed by atoms with E-state index in [0.29, 0.717) is 34.1 Å². The van der Waals surface area contributed by atoms with Crippen LogP contribution in [0.5, 0.6) is 11.5 Å². The Balaban J connectivity index is 1.36. The monoisotopic (exact) mass is 574 g/mol. The van der Waals surface area contributed by atoms with E-state index in [1.807, 2.05) is 26.8 Å². The van der Waals surface area contributed by atoms with Gasteiger partial charge in [-0.3, -0.25) is 14.5 Å². The van der Waals surface area contributed by atoms with Crippen molar-refractivity contribution in [2.75, 3.05) is 11.1 Å². The molecule has 0 fully saturated rings. The molecule has 0 radical (unpaired) electrons. The second kappa shape index (κ2) is 11.0. The Morgan fingerprint density at radius 3 is 2.68 bits per heavy atom. The molecule has 2 aromatic carbocycles. The number of fused-ring (bicyclic) bond motifs is 1. The van der Waals surface area contributed by atoms with E-state index in [1.165, 1.54) is 24.4 Å². The van der Waals surface area contributed by atoms with Gasteiger partial charge in [0.25, 0.3) is 0 Å². The molecule has 10 heteroatoms. The zero-order valence-corrected chi connectivity index (χ0v) is 24.2. The molecule has 0 spiro atoms. The van der Waals surface area contributed by atoms with E-state index >= 15 is 4.39 Å². The van der Waals surface area contributed by atoms with Gasteiger partial charge in [0.1, 0.15) is 5.75 Å². The van der Waals surface area contributed by atoms with E-state index < -0.39 is 15.7 Å². The Labute approximate surface area is 238 Å².